The van der Waals surface area contributed by atoms with E-state index < -0.39 is 0 Å². The molecule has 5 nitrogen and oxygen atoms in total. The molecule has 0 aromatic carbocycles. The van der Waals surface area contributed by atoms with Crippen molar-refractivity contribution in [1.29, 1.82) is 0 Å². The minimum absolute atomic E-state index is 0.214. The second-order valence-corrected chi connectivity index (χ2v) is 4.38. The van der Waals surface area contributed by atoms with Crippen molar-refractivity contribution < 1.29 is 9.59 Å². The Morgan fingerprint density at radius 1 is 1.53 bits per heavy atom. The summed E-state index contributed by atoms with van der Waals surface area (Å²) in [5.41, 5.74) is 6.20. The fourth-order valence-electron chi connectivity index (χ4n) is 1.28. The third-order valence-electron chi connectivity index (χ3n) is 2.01. The second kappa shape index (κ2) is 3.90. The van der Waals surface area contributed by atoms with Crippen molar-refractivity contribution in [1.82, 2.24) is 10.3 Å². The number of nitrogens with two attached hydrogens (primary N) is 1. The van der Waals surface area contributed by atoms with Crippen LogP contribution in [0.2, 0.25) is 0 Å². The average Bonchev–Trinajstić information content (AvgIpc) is 2.49. The first-order chi connectivity index (χ1) is 7.16. The zero-order valence-corrected chi connectivity index (χ0v) is 8.58. The Balaban J connectivity index is 2.13. The van der Waals surface area contributed by atoms with Gasteiger partial charge in [-0.05, 0) is 6.07 Å². The second-order valence-electron chi connectivity index (χ2n) is 3.14. The van der Waals surface area contributed by atoms with Gasteiger partial charge < -0.3 is 5.73 Å². The van der Waals surface area contributed by atoms with Gasteiger partial charge in [0.15, 0.2) is 0 Å². The number of rotatable bonds is 2. The van der Waals surface area contributed by atoms with Crippen LogP contribution in [0.5, 0.6) is 0 Å². The molecule has 0 spiro atoms. The molecule has 0 aliphatic carbocycles. The lowest BCUT2D eigenvalue weighted by Crippen LogP contribution is -2.23. The number of aromatic nitrogens is 1. The van der Waals surface area contributed by atoms with Gasteiger partial charge in [-0.1, -0.05) is 0 Å². The van der Waals surface area contributed by atoms with Gasteiger partial charge in [-0.15, -0.1) is 11.8 Å². The molecule has 0 saturated carbocycles. The van der Waals surface area contributed by atoms with Crippen molar-refractivity contribution in [3.63, 3.8) is 0 Å². The van der Waals surface area contributed by atoms with Gasteiger partial charge in [0.05, 0.1) is 17.1 Å². The highest BCUT2D eigenvalue weighted by atomic mass is 32.2. The molecule has 1 aliphatic rings. The molecule has 1 fully saturated rings. The molecular weight excluding hydrogens is 214 g/mol. The van der Waals surface area contributed by atoms with Gasteiger partial charge in [-0.2, -0.15) is 0 Å². The van der Waals surface area contributed by atoms with Crippen LogP contribution >= 0.6 is 11.8 Å². The molecule has 6 heteroatoms. The minimum atomic E-state index is -0.373. The number of carbonyl (C=O) groups is 2. The van der Waals surface area contributed by atoms with E-state index in [4.69, 9.17) is 5.73 Å². The average molecular weight is 223 g/mol. The molecule has 1 saturated heterocycles. The van der Waals surface area contributed by atoms with E-state index in [9.17, 15) is 9.59 Å². The van der Waals surface area contributed by atoms with Crippen LogP contribution in [0.3, 0.4) is 0 Å². The van der Waals surface area contributed by atoms with Crippen molar-refractivity contribution in [2.24, 2.45) is 0 Å². The largest absolute Gasteiger partial charge is 0.397 e. The van der Waals surface area contributed by atoms with Gasteiger partial charge in [0, 0.05) is 17.5 Å². The van der Waals surface area contributed by atoms with Gasteiger partial charge in [0.1, 0.15) is 0 Å². The quantitative estimate of drug-likeness (QED) is 0.698. The fraction of sp³-hybridized carbons (Fsp3) is 0.222. The molecule has 2 amide bonds. The van der Waals surface area contributed by atoms with Crippen LogP contribution in [-0.4, -0.2) is 22.0 Å². The minimum Gasteiger partial charge on any atom is -0.397 e. The number of hydrogen-bond acceptors (Lipinski definition) is 5. The summed E-state index contributed by atoms with van der Waals surface area (Å²) in [7, 11) is 0. The Hall–Kier alpha value is -1.56. The van der Waals surface area contributed by atoms with E-state index in [2.05, 4.69) is 10.3 Å². The van der Waals surface area contributed by atoms with Crippen LogP contribution in [0.15, 0.2) is 23.4 Å². The predicted molar refractivity (Wildman–Crippen MR) is 56.1 cm³/mol. The number of hydrogen-bond donors (Lipinski definition) is 2. The Bertz CT molecular complexity index is 422. The first kappa shape index (κ1) is 9.97. The van der Waals surface area contributed by atoms with Crippen LogP contribution < -0.4 is 11.1 Å². The van der Waals surface area contributed by atoms with Crippen molar-refractivity contribution in [3.05, 3.63) is 18.5 Å². The van der Waals surface area contributed by atoms with Crippen molar-refractivity contribution in [2.45, 2.75) is 16.6 Å². The zero-order chi connectivity index (χ0) is 10.8. The van der Waals surface area contributed by atoms with Gasteiger partial charge in [-0.3, -0.25) is 19.9 Å². The maximum Gasteiger partial charge on any atom is 0.240 e. The molecule has 0 radical (unpaired) electrons. The first-order valence-electron chi connectivity index (χ1n) is 4.36. The predicted octanol–water partition coefficient (Wildman–Crippen LogP) is 0.171. The summed E-state index contributed by atoms with van der Waals surface area (Å²) in [5, 5.41) is 1.88. The smallest absolute Gasteiger partial charge is 0.240 e. The van der Waals surface area contributed by atoms with E-state index in [1.165, 1.54) is 18.0 Å². The van der Waals surface area contributed by atoms with Crippen LogP contribution in [0.1, 0.15) is 6.42 Å². The molecule has 3 N–H and O–H groups in total. The molecule has 2 heterocycles. The standard InChI is InChI=1S/C9H9N3O2S/c10-5-4-11-2-1-6(5)15-7-3-8(13)12-9(7)14/h1-2,4,7H,3,10H2,(H,12,13,14). The highest BCUT2D eigenvalue weighted by Gasteiger charge is 2.31. The Morgan fingerprint density at radius 2 is 2.33 bits per heavy atom. The highest BCUT2D eigenvalue weighted by molar-refractivity contribution is 8.00. The number of nitrogen functional groups attached to an aromatic ring is 1. The van der Waals surface area contributed by atoms with Gasteiger partial charge in [0.2, 0.25) is 11.8 Å². The first-order valence-corrected chi connectivity index (χ1v) is 5.24. The maximum atomic E-state index is 11.3. The Kier molecular flexibility index (Phi) is 2.59. The lowest BCUT2D eigenvalue weighted by atomic mass is 10.3. The van der Waals surface area contributed by atoms with E-state index in [0.29, 0.717) is 5.69 Å². The summed E-state index contributed by atoms with van der Waals surface area (Å²) in [6.45, 7) is 0. The summed E-state index contributed by atoms with van der Waals surface area (Å²) < 4.78 is 0. The van der Waals surface area contributed by atoms with Crippen LogP contribution in [0.4, 0.5) is 5.69 Å². The van der Waals surface area contributed by atoms with Gasteiger partial charge >= 0.3 is 0 Å². The third kappa shape index (κ3) is 2.10. The molecule has 78 valence electrons. The number of nitrogens with one attached hydrogen (secondary N) is 1. The van der Waals surface area contributed by atoms with Gasteiger partial charge in [-0.25, -0.2) is 0 Å². The van der Waals surface area contributed by atoms with Crippen LogP contribution in [-0.2, 0) is 9.59 Å². The van der Waals surface area contributed by atoms with Crippen molar-refractivity contribution in [3.8, 4) is 0 Å². The molecule has 1 aliphatic heterocycles. The van der Waals surface area contributed by atoms with E-state index in [0.717, 1.165) is 4.90 Å². The van der Waals surface area contributed by atoms with E-state index in [1.807, 2.05) is 0 Å². The monoisotopic (exact) mass is 223 g/mol. The summed E-state index contributed by atoms with van der Waals surface area (Å²) >= 11 is 1.29. The number of pyridine rings is 1. The van der Waals surface area contributed by atoms with Crippen molar-refractivity contribution in [2.75, 3.05) is 5.73 Å². The molecule has 1 unspecified atom stereocenters. The molecule has 1 aromatic heterocycles. The highest BCUT2D eigenvalue weighted by Crippen LogP contribution is 2.31. The fourth-order valence-corrected chi connectivity index (χ4v) is 2.32. The number of thioether (sulfide) groups is 1. The lowest BCUT2D eigenvalue weighted by molar-refractivity contribution is -0.124. The summed E-state index contributed by atoms with van der Waals surface area (Å²) in [6.07, 6.45) is 3.34. The summed E-state index contributed by atoms with van der Waals surface area (Å²) in [4.78, 5) is 26.9. The van der Waals surface area contributed by atoms with Crippen LogP contribution in [0, 0.1) is 0 Å². The van der Waals surface area contributed by atoms with E-state index in [-0.39, 0.29) is 23.5 Å². The number of amides is 2. The van der Waals surface area contributed by atoms with E-state index in [1.54, 1.807) is 12.3 Å². The SMILES string of the molecule is Nc1cnccc1SC1CC(=O)NC1=O. The third-order valence-corrected chi connectivity index (χ3v) is 3.30. The number of anilines is 1. The molecule has 1 aromatic rings. The normalized spacial score (nSPS) is 20.4. The molecule has 15 heavy (non-hydrogen) atoms. The Labute approximate surface area is 90.4 Å². The molecule has 0 bridgehead atoms. The van der Waals surface area contributed by atoms with Crippen LogP contribution in [0.25, 0.3) is 0 Å². The molecule has 1 atom stereocenters. The summed E-state index contributed by atoms with van der Waals surface area (Å²) in [5.74, 6) is -0.480. The molecule has 2 rings (SSSR count). The lowest BCUT2D eigenvalue weighted by Gasteiger charge is -2.07. The number of imide groups is 1. The van der Waals surface area contributed by atoms with E-state index >= 15 is 0 Å². The summed E-state index contributed by atoms with van der Waals surface area (Å²) in [6, 6.07) is 1.73. The zero-order valence-electron chi connectivity index (χ0n) is 7.77. The molecular formula is C9H9N3O2S. The topological polar surface area (TPSA) is 85.1 Å². The van der Waals surface area contributed by atoms with Crippen molar-refractivity contribution >= 4 is 29.3 Å². The maximum absolute atomic E-state index is 11.3. The van der Waals surface area contributed by atoms with Gasteiger partial charge in [0.25, 0.3) is 0 Å². The number of nitrogens with zero attached hydrogens (tertiary/aromatic N) is 1. The Morgan fingerprint density at radius 3 is 2.93 bits per heavy atom. The number of carbonyl (C=O) groups excluding carboxylic acids is 2.